The lowest BCUT2D eigenvalue weighted by molar-refractivity contribution is 0.208. The van der Waals surface area contributed by atoms with Gasteiger partial charge >= 0.3 is 0 Å². The van der Waals surface area contributed by atoms with Gasteiger partial charge in [-0.15, -0.1) is 11.3 Å². The van der Waals surface area contributed by atoms with Crippen molar-refractivity contribution < 1.29 is 12.9 Å². The molecular weight excluding hydrogens is 382 g/mol. The fourth-order valence-electron chi connectivity index (χ4n) is 3.39. The summed E-state index contributed by atoms with van der Waals surface area (Å²) in [6, 6.07) is 3.91. The third-order valence-corrected chi connectivity index (χ3v) is 8.06. The lowest BCUT2D eigenvalue weighted by atomic mass is 10.2. The Morgan fingerprint density at radius 3 is 2.67 bits per heavy atom. The van der Waals surface area contributed by atoms with Crippen molar-refractivity contribution in [1.82, 2.24) is 14.8 Å². The van der Waals surface area contributed by atoms with Crippen LogP contribution >= 0.6 is 11.3 Å². The minimum atomic E-state index is -3.49. The molecule has 0 amide bonds. The smallest absolute Gasteiger partial charge is 0.250 e. The van der Waals surface area contributed by atoms with E-state index in [2.05, 4.69) is 21.7 Å². The lowest BCUT2D eigenvalue weighted by Gasteiger charge is -2.27. The fourth-order valence-corrected chi connectivity index (χ4v) is 5.65. The number of rotatable bonds is 8. The van der Waals surface area contributed by atoms with E-state index in [-0.39, 0.29) is 0 Å². The maximum Gasteiger partial charge on any atom is 0.250 e. The zero-order valence-corrected chi connectivity index (χ0v) is 17.7. The molecule has 0 bridgehead atoms. The van der Waals surface area contributed by atoms with Gasteiger partial charge < -0.3 is 9.42 Å². The molecule has 1 saturated heterocycles. The van der Waals surface area contributed by atoms with Gasteiger partial charge in [-0.2, -0.15) is 0 Å². The molecule has 0 radical (unpaired) electrons. The Morgan fingerprint density at radius 2 is 2.00 bits per heavy atom. The van der Waals surface area contributed by atoms with Crippen LogP contribution in [0.3, 0.4) is 0 Å². The van der Waals surface area contributed by atoms with Crippen LogP contribution in [-0.4, -0.2) is 44.2 Å². The number of hydrogen-bond donors (Lipinski definition) is 1. The van der Waals surface area contributed by atoms with Gasteiger partial charge in [0.25, 0.3) is 0 Å². The van der Waals surface area contributed by atoms with Crippen molar-refractivity contribution in [2.75, 3.05) is 19.6 Å². The maximum absolute atomic E-state index is 12.6. The molecular formula is C19H29N3O3S2. The Kier molecular flexibility index (Phi) is 7.08. The molecule has 1 unspecified atom stereocenters. The molecule has 1 aliphatic rings. The highest BCUT2D eigenvalue weighted by Crippen LogP contribution is 2.29. The van der Waals surface area contributed by atoms with Crippen molar-refractivity contribution in [3.8, 4) is 11.3 Å². The Morgan fingerprint density at radius 1 is 1.26 bits per heavy atom. The molecule has 1 atom stereocenters. The first-order valence-corrected chi connectivity index (χ1v) is 12.1. The van der Waals surface area contributed by atoms with E-state index in [0.29, 0.717) is 22.6 Å². The molecule has 0 aromatic carbocycles. The zero-order valence-electron chi connectivity index (χ0n) is 16.1. The number of hydrogen-bond acceptors (Lipinski definition) is 6. The minimum Gasteiger partial charge on any atom is -0.356 e. The van der Waals surface area contributed by atoms with Crippen molar-refractivity contribution in [2.45, 2.75) is 62.6 Å². The molecule has 27 heavy (non-hydrogen) atoms. The van der Waals surface area contributed by atoms with Crippen LogP contribution in [0, 0.1) is 0 Å². The molecule has 1 aliphatic heterocycles. The quantitative estimate of drug-likeness (QED) is 0.713. The molecule has 3 rings (SSSR count). The summed E-state index contributed by atoms with van der Waals surface area (Å²) in [6.45, 7) is 6.90. The van der Waals surface area contributed by atoms with Gasteiger partial charge in [0.1, 0.15) is 4.21 Å². The van der Waals surface area contributed by atoms with Crippen LogP contribution in [0.5, 0.6) is 0 Å². The first kappa shape index (κ1) is 20.5. The second kappa shape index (κ2) is 9.32. The number of likely N-dealkylation sites (tertiary alicyclic amines) is 1. The van der Waals surface area contributed by atoms with Gasteiger partial charge in [-0.05, 0) is 51.8 Å². The third-order valence-electron chi connectivity index (χ3n) is 5.16. The molecule has 2 aromatic rings. The van der Waals surface area contributed by atoms with Gasteiger partial charge in [-0.25, -0.2) is 13.1 Å². The number of aryl methyl sites for hydroxylation is 1. The van der Waals surface area contributed by atoms with E-state index in [9.17, 15) is 8.42 Å². The summed E-state index contributed by atoms with van der Waals surface area (Å²) in [5, 5.41) is 5.76. The molecule has 3 heterocycles. The second-order valence-electron chi connectivity index (χ2n) is 7.18. The summed E-state index contributed by atoms with van der Waals surface area (Å²) in [5.74, 6) is 0.610. The van der Waals surface area contributed by atoms with Crippen LogP contribution in [0.15, 0.2) is 26.2 Å². The van der Waals surface area contributed by atoms with Crippen LogP contribution in [0.25, 0.3) is 11.3 Å². The summed E-state index contributed by atoms with van der Waals surface area (Å²) in [4.78, 5) is 2.49. The van der Waals surface area contributed by atoms with E-state index < -0.39 is 10.0 Å². The summed E-state index contributed by atoms with van der Waals surface area (Å²) in [6.07, 6.45) is 6.71. The summed E-state index contributed by atoms with van der Waals surface area (Å²) < 4.78 is 33.5. The Bertz CT molecular complexity index is 821. The highest BCUT2D eigenvalue weighted by molar-refractivity contribution is 7.91. The minimum absolute atomic E-state index is 0.314. The number of nitrogens with zero attached hydrogens (tertiary/aromatic N) is 2. The predicted octanol–water partition coefficient (Wildman–Crippen LogP) is 3.90. The van der Waals surface area contributed by atoms with Gasteiger partial charge in [-0.3, -0.25) is 0 Å². The molecule has 8 heteroatoms. The molecule has 1 N–H and O–H groups in total. The lowest BCUT2D eigenvalue weighted by Crippen LogP contribution is -2.37. The topological polar surface area (TPSA) is 75.4 Å². The summed E-state index contributed by atoms with van der Waals surface area (Å²) >= 11 is 1.21. The number of sulfonamides is 1. The molecule has 0 aliphatic carbocycles. The highest BCUT2D eigenvalue weighted by Gasteiger charge is 2.20. The van der Waals surface area contributed by atoms with Gasteiger partial charge in [0.15, 0.2) is 5.76 Å². The Hall–Kier alpha value is -1.22. The van der Waals surface area contributed by atoms with E-state index in [4.69, 9.17) is 4.52 Å². The number of aromatic nitrogens is 1. The van der Waals surface area contributed by atoms with Gasteiger partial charge in [0.05, 0.1) is 5.69 Å². The Labute approximate surface area is 166 Å². The van der Waals surface area contributed by atoms with Crippen LogP contribution in [0.4, 0.5) is 0 Å². The van der Waals surface area contributed by atoms with E-state index in [1.807, 2.05) is 13.0 Å². The van der Waals surface area contributed by atoms with Gasteiger partial charge in [-0.1, -0.05) is 24.9 Å². The first-order chi connectivity index (χ1) is 13.0. The van der Waals surface area contributed by atoms with Crippen molar-refractivity contribution in [2.24, 2.45) is 0 Å². The Balaban J connectivity index is 1.55. The maximum atomic E-state index is 12.6. The number of nitrogens with one attached hydrogen (secondary N) is 1. The largest absolute Gasteiger partial charge is 0.356 e. The zero-order chi connectivity index (χ0) is 19.3. The van der Waals surface area contributed by atoms with Crippen LogP contribution < -0.4 is 4.72 Å². The van der Waals surface area contributed by atoms with Crippen LogP contribution in [0.2, 0.25) is 0 Å². The average molecular weight is 412 g/mol. The summed E-state index contributed by atoms with van der Waals surface area (Å²) in [7, 11) is -3.49. The molecule has 1 fully saturated rings. The summed E-state index contributed by atoms with van der Waals surface area (Å²) in [5.41, 5.74) is 1.62. The fraction of sp³-hybridized carbons (Fsp3) is 0.632. The number of thiophene rings is 1. The highest BCUT2D eigenvalue weighted by atomic mass is 32.2. The van der Waals surface area contributed by atoms with Crippen molar-refractivity contribution in [3.05, 3.63) is 23.2 Å². The average Bonchev–Trinajstić information content (AvgIpc) is 3.25. The molecule has 150 valence electrons. The van der Waals surface area contributed by atoms with E-state index in [1.165, 1.54) is 37.0 Å². The van der Waals surface area contributed by atoms with E-state index in [1.54, 1.807) is 11.4 Å². The van der Waals surface area contributed by atoms with Gasteiger partial charge in [0.2, 0.25) is 10.0 Å². The van der Waals surface area contributed by atoms with E-state index >= 15 is 0 Å². The SMILES string of the molecule is CCc1cc(-c2csc(S(=O)(=O)NCCC(C)N3CCCCCC3)c2)on1. The predicted molar refractivity (Wildman–Crippen MR) is 109 cm³/mol. The first-order valence-electron chi connectivity index (χ1n) is 9.78. The van der Waals surface area contributed by atoms with Crippen LogP contribution in [-0.2, 0) is 16.4 Å². The monoisotopic (exact) mass is 411 g/mol. The van der Waals surface area contributed by atoms with Crippen LogP contribution in [0.1, 0.15) is 51.6 Å². The molecule has 0 spiro atoms. The second-order valence-corrected chi connectivity index (χ2v) is 10.1. The molecule has 6 nitrogen and oxygen atoms in total. The third kappa shape index (κ3) is 5.40. The molecule has 2 aromatic heterocycles. The molecule has 0 saturated carbocycles. The van der Waals surface area contributed by atoms with Crippen molar-refractivity contribution in [3.63, 3.8) is 0 Å². The van der Waals surface area contributed by atoms with Crippen molar-refractivity contribution in [1.29, 1.82) is 0 Å². The van der Waals surface area contributed by atoms with E-state index in [0.717, 1.165) is 37.2 Å². The van der Waals surface area contributed by atoms with Crippen molar-refractivity contribution >= 4 is 21.4 Å². The normalized spacial score (nSPS) is 17.7. The standard InChI is InChI=1S/C19H29N3O3S2/c1-3-17-13-18(25-21-17)16-12-19(26-14-16)27(23,24)20-9-8-15(2)22-10-6-4-5-7-11-22/h12-15,20H,3-11H2,1-2H3. The van der Waals surface area contributed by atoms with Gasteiger partial charge in [0, 0.05) is 29.6 Å².